The Bertz CT molecular complexity index is 1810. The van der Waals surface area contributed by atoms with Gasteiger partial charge in [-0.3, -0.25) is 4.79 Å². The van der Waals surface area contributed by atoms with Gasteiger partial charge in [-0.2, -0.15) is 0 Å². The maximum Gasteiger partial charge on any atom is 0.261 e. The van der Waals surface area contributed by atoms with Gasteiger partial charge in [0.15, 0.2) is 5.82 Å². The Labute approximate surface area is 268 Å². The SMILES string of the molecule is CCN(CCc1ccc(NC(=O)c2cn(-c3ncc4c(n3)-c3ccc(OC)cc3CC4)nc2N)cc1)CCN(C)c1ncccn1. The van der Waals surface area contributed by atoms with Crippen molar-refractivity contribution in [3.05, 3.63) is 95.6 Å². The number of anilines is 3. The molecule has 0 spiro atoms. The molecule has 12 heteroatoms. The summed E-state index contributed by atoms with van der Waals surface area (Å²) in [5.41, 5.74) is 12.4. The van der Waals surface area contributed by atoms with Gasteiger partial charge in [0, 0.05) is 62.7 Å². The quantitative estimate of drug-likeness (QED) is 0.210. The first-order chi connectivity index (χ1) is 22.4. The summed E-state index contributed by atoms with van der Waals surface area (Å²) in [7, 11) is 3.67. The molecule has 236 valence electrons. The Balaban J connectivity index is 1.06. The second kappa shape index (κ2) is 13.7. The summed E-state index contributed by atoms with van der Waals surface area (Å²) in [4.78, 5) is 35.6. The Morgan fingerprint density at radius 1 is 1.02 bits per heavy atom. The van der Waals surface area contributed by atoms with Crippen molar-refractivity contribution in [3.8, 4) is 23.0 Å². The van der Waals surface area contributed by atoms with E-state index in [0.717, 1.165) is 74.0 Å². The monoisotopic (exact) mass is 618 g/mol. The van der Waals surface area contributed by atoms with E-state index in [1.54, 1.807) is 25.7 Å². The van der Waals surface area contributed by atoms with Crippen LogP contribution in [0.1, 0.15) is 34.0 Å². The number of nitrogen functional groups attached to an aromatic ring is 1. The van der Waals surface area contributed by atoms with E-state index in [1.165, 1.54) is 15.8 Å². The number of carbonyl (C=O) groups is 1. The van der Waals surface area contributed by atoms with Crippen LogP contribution in [0.2, 0.25) is 0 Å². The van der Waals surface area contributed by atoms with Gasteiger partial charge < -0.3 is 25.6 Å². The summed E-state index contributed by atoms with van der Waals surface area (Å²) in [6.07, 6.45) is 9.53. The maximum absolute atomic E-state index is 13.2. The summed E-state index contributed by atoms with van der Waals surface area (Å²) in [5, 5.41) is 7.29. The number of aryl methyl sites for hydroxylation is 2. The van der Waals surface area contributed by atoms with Crippen molar-refractivity contribution in [2.24, 2.45) is 0 Å². The second-order valence-electron chi connectivity index (χ2n) is 11.2. The molecule has 1 aliphatic carbocycles. The van der Waals surface area contributed by atoms with Crippen LogP contribution in [-0.2, 0) is 19.3 Å². The van der Waals surface area contributed by atoms with E-state index in [4.69, 9.17) is 15.5 Å². The molecule has 0 bridgehead atoms. The number of likely N-dealkylation sites (N-methyl/N-ethyl adjacent to an activating group) is 2. The average molecular weight is 619 g/mol. The summed E-state index contributed by atoms with van der Waals surface area (Å²) >= 11 is 0. The minimum absolute atomic E-state index is 0.102. The minimum Gasteiger partial charge on any atom is -0.497 e. The number of nitrogens with two attached hydrogens (primary N) is 1. The van der Waals surface area contributed by atoms with Crippen molar-refractivity contribution >= 4 is 23.4 Å². The van der Waals surface area contributed by atoms with Gasteiger partial charge in [0.2, 0.25) is 5.95 Å². The number of fused-ring (bicyclic) bond motifs is 3. The highest BCUT2D eigenvalue weighted by Crippen LogP contribution is 2.34. The number of ether oxygens (including phenoxy) is 1. The van der Waals surface area contributed by atoms with Crippen molar-refractivity contribution < 1.29 is 9.53 Å². The zero-order chi connectivity index (χ0) is 32.0. The molecule has 0 fully saturated rings. The lowest BCUT2D eigenvalue weighted by Crippen LogP contribution is -2.35. The third kappa shape index (κ3) is 6.81. The highest BCUT2D eigenvalue weighted by Gasteiger charge is 2.22. The number of rotatable bonds is 12. The minimum atomic E-state index is -0.351. The molecule has 46 heavy (non-hydrogen) atoms. The van der Waals surface area contributed by atoms with E-state index in [-0.39, 0.29) is 17.3 Å². The molecule has 3 heterocycles. The molecule has 5 aromatic rings. The number of carbonyl (C=O) groups excluding carboxylic acids is 1. The van der Waals surface area contributed by atoms with Crippen molar-refractivity contribution in [2.45, 2.75) is 26.2 Å². The van der Waals surface area contributed by atoms with Gasteiger partial charge in [0.1, 0.15) is 11.3 Å². The van der Waals surface area contributed by atoms with E-state index in [2.05, 4.69) is 42.1 Å². The summed E-state index contributed by atoms with van der Waals surface area (Å²) < 4.78 is 6.85. The highest BCUT2D eigenvalue weighted by molar-refractivity contribution is 6.07. The number of methoxy groups -OCH3 is 1. The van der Waals surface area contributed by atoms with Gasteiger partial charge in [-0.05, 0) is 78.9 Å². The van der Waals surface area contributed by atoms with Crippen LogP contribution in [0.3, 0.4) is 0 Å². The second-order valence-corrected chi connectivity index (χ2v) is 11.2. The third-order valence-electron chi connectivity index (χ3n) is 8.30. The first kappa shape index (κ1) is 30.7. The topological polar surface area (TPSA) is 140 Å². The van der Waals surface area contributed by atoms with Gasteiger partial charge in [0.05, 0.1) is 12.8 Å². The molecule has 0 radical (unpaired) electrons. The van der Waals surface area contributed by atoms with Crippen LogP contribution >= 0.6 is 0 Å². The summed E-state index contributed by atoms with van der Waals surface area (Å²) in [6, 6.07) is 15.7. The van der Waals surface area contributed by atoms with Gasteiger partial charge in [0.25, 0.3) is 11.9 Å². The van der Waals surface area contributed by atoms with Gasteiger partial charge >= 0.3 is 0 Å². The largest absolute Gasteiger partial charge is 0.497 e. The molecule has 0 saturated carbocycles. The molecule has 0 atom stereocenters. The van der Waals surface area contributed by atoms with E-state index >= 15 is 0 Å². The zero-order valence-electron chi connectivity index (χ0n) is 26.3. The lowest BCUT2D eigenvalue weighted by Gasteiger charge is -2.24. The Kier molecular flexibility index (Phi) is 9.15. The number of nitrogens with one attached hydrogen (secondary N) is 1. The van der Waals surface area contributed by atoms with Crippen LogP contribution in [0.15, 0.2) is 73.3 Å². The number of benzene rings is 2. The van der Waals surface area contributed by atoms with E-state index in [1.807, 2.05) is 61.8 Å². The van der Waals surface area contributed by atoms with E-state index in [0.29, 0.717) is 11.6 Å². The Morgan fingerprint density at radius 3 is 2.57 bits per heavy atom. The van der Waals surface area contributed by atoms with Gasteiger partial charge in [-0.25, -0.2) is 24.6 Å². The van der Waals surface area contributed by atoms with Gasteiger partial charge in [-0.15, -0.1) is 5.10 Å². The lowest BCUT2D eigenvalue weighted by molar-refractivity contribution is 0.102. The number of aromatic nitrogens is 6. The number of hydrogen-bond acceptors (Lipinski definition) is 10. The molecular weight excluding hydrogens is 580 g/mol. The number of amides is 1. The van der Waals surface area contributed by atoms with Crippen LogP contribution in [0, 0.1) is 0 Å². The molecule has 1 amide bonds. The molecule has 2 aromatic carbocycles. The molecule has 12 nitrogen and oxygen atoms in total. The zero-order valence-corrected chi connectivity index (χ0v) is 26.3. The molecule has 6 rings (SSSR count). The predicted molar refractivity (Wildman–Crippen MR) is 178 cm³/mol. The van der Waals surface area contributed by atoms with E-state index in [9.17, 15) is 4.79 Å². The summed E-state index contributed by atoms with van der Waals surface area (Å²) in [5.74, 6) is 1.64. The Hall–Kier alpha value is -5.36. The fraction of sp³-hybridized carbons (Fsp3) is 0.294. The number of hydrogen-bond donors (Lipinski definition) is 2. The fourth-order valence-electron chi connectivity index (χ4n) is 5.54. The van der Waals surface area contributed by atoms with Gasteiger partial charge in [-0.1, -0.05) is 19.1 Å². The molecule has 3 N–H and O–H groups in total. The lowest BCUT2D eigenvalue weighted by atomic mass is 9.90. The predicted octanol–water partition coefficient (Wildman–Crippen LogP) is 4.06. The maximum atomic E-state index is 13.2. The van der Waals surface area contributed by atoms with Crippen molar-refractivity contribution in [1.82, 2.24) is 34.6 Å². The summed E-state index contributed by atoms with van der Waals surface area (Å²) in [6.45, 7) is 5.79. The first-order valence-corrected chi connectivity index (χ1v) is 15.4. The van der Waals surface area contributed by atoms with Crippen LogP contribution < -0.4 is 20.7 Å². The smallest absolute Gasteiger partial charge is 0.261 e. The van der Waals surface area contributed by atoms with E-state index < -0.39 is 0 Å². The fourth-order valence-corrected chi connectivity index (χ4v) is 5.54. The first-order valence-electron chi connectivity index (χ1n) is 15.4. The van der Waals surface area contributed by atoms with Crippen LogP contribution in [-0.4, -0.2) is 80.9 Å². The molecule has 0 saturated heterocycles. The number of nitrogens with zero attached hydrogens (tertiary/aromatic N) is 8. The molecular formula is C34H38N10O2. The molecule has 1 aliphatic rings. The molecule has 0 unspecified atom stereocenters. The Morgan fingerprint density at radius 2 is 1.80 bits per heavy atom. The normalized spacial score (nSPS) is 12.0. The van der Waals surface area contributed by atoms with Crippen LogP contribution in [0.25, 0.3) is 17.2 Å². The standard InChI is InChI=1S/C34H38N10O2/c1-4-43(19-18-42(2)33-36-15-5-16-37-33)17-14-23-6-10-26(11-7-23)39-32(45)29-22-44(41-31(29)35)34-38-21-25-9-8-24-20-27(46-3)12-13-28(24)30(25)40-34/h5-7,10-13,15-16,20-22H,4,8-9,14,17-19H2,1-3H3,(H2,35,41)(H,39,45). The van der Waals surface area contributed by atoms with Crippen LogP contribution in [0.4, 0.5) is 17.5 Å². The molecule has 3 aromatic heterocycles. The van der Waals surface area contributed by atoms with Crippen molar-refractivity contribution in [2.75, 3.05) is 56.3 Å². The molecule has 0 aliphatic heterocycles. The van der Waals surface area contributed by atoms with Crippen molar-refractivity contribution in [1.29, 1.82) is 0 Å². The average Bonchev–Trinajstić information content (AvgIpc) is 3.50. The highest BCUT2D eigenvalue weighted by atomic mass is 16.5. The van der Waals surface area contributed by atoms with Crippen molar-refractivity contribution in [3.63, 3.8) is 0 Å². The van der Waals surface area contributed by atoms with Crippen LogP contribution in [0.5, 0.6) is 5.75 Å². The third-order valence-corrected chi connectivity index (χ3v) is 8.30.